The third-order valence-electron chi connectivity index (χ3n) is 7.92. The number of fused-ring (bicyclic) bond motifs is 5. The van der Waals surface area contributed by atoms with Crippen LogP contribution in [-0.2, 0) is 9.59 Å². The van der Waals surface area contributed by atoms with Crippen molar-refractivity contribution in [2.75, 3.05) is 4.90 Å². The van der Waals surface area contributed by atoms with Gasteiger partial charge in [-0.1, -0.05) is 71.8 Å². The zero-order valence-electron chi connectivity index (χ0n) is 20.6. The first-order chi connectivity index (χ1) is 17.3. The van der Waals surface area contributed by atoms with Crippen LogP contribution in [0.25, 0.3) is 5.57 Å². The normalized spacial score (nSPS) is 24.0. The number of Topliss-reactive ketones (excluding diaryl/α,β-unsaturated/α-hetero) is 1. The minimum atomic E-state index is -0.402. The fraction of sp³-hybridized carbons (Fsp3) is 0.219. The third-order valence-corrected chi connectivity index (χ3v) is 7.92. The van der Waals surface area contributed by atoms with Crippen molar-refractivity contribution in [2.45, 2.75) is 20.8 Å². The average Bonchev–Trinajstić information content (AvgIpc) is 3.51. The summed E-state index contributed by atoms with van der Waals surface area (Å²) >= 11 is 0. The van der Waals surface area contributed by atoms with Crippen LogP contribution in [0.1, 0.15) is 39.5 Å². The summed E-state index contributed by atoms with van der Waals surface area (Å²) in [6, 6.07) is 23.7. The van der Waals surface area contributed by atoms with Crippen molar-refractivity contribution in [3.8, 4) is 0 Å². The molecule has 6 rings (SSSR count). The average molecular weight is 474 g/mol. The highest BCUT2D eigenvalue weighted by Crippen LogP contribution is 2.58. The van der Waals surface area contributed by atoms with Gasteiger partial charge in [0.15, 0.2) is 5.78 Å². The van der Waals surface area contributed by atoms with Gasteiger partial charge < -0.3 is 0 Å². The maximum Gasteiger partial charge on any atom is 0.238 e. The second kappa shape index (κ2) is 8.27. The number of amides is 2. The van der Waals surface area contributed by atoms with Crippen molar-refractivity contribution in [1.82, 2.24) is 0 Å². The number of hydrogen-bond acceptors (Lipinski definition) is 3. The zero-order chi connectivity index (χ0) is 25.1. The number of hydrogen-bond donors (Lipinski definition) is 0. The monoisotopic (exact) mass is 473 g/mol. The SMILES string of the molecule is CC(=O)c1ccc(N2C(=O)[C@H]3[C@H](C2=O)[C@H]2C=C[C@H]3C2=C(c2ccc(C)cc2)c2ccc(C)cc2)cc1. The number of rotatable bonds is 4. The molecule has 1 saturated carbocycles. The quantitative estimate of drug-likeness (QED) is 0.268. The van der Waals surface area contributed by atoms with Crippen LogP contribution >= 0.6 is 0 Å². The fourth-order valence-corrected chi connectivity index (χ4v) is 6.14. The Morgan fingerprint density at radius 3 is 1.47 bits per heavy atom. The maximum absolute atomic E-state index is 13.7. The molecule has 3 aromatic carbocycles. The fourth-order valence-electron chi connectivity index (χ4n) is 6.14. The van der Waals surface area contributed by atoms with E-state index in [1.807, 2.05) is 0 Å². The maximum atomic E-state index is 13.7. The first kappa shape index (κ1) is 22.4. The van der Waals surface area contributed by atoms with Crippen molar-refractivity contribution >= 4 is 28.9 Å². The molecule has 4 heteroatoms. The Bertz CT molecular complexity index is 1380. The summed E-state index contributed by atoms with van der Waals surface area (Å²) in [7, 11) is 0. The van der Waals surface area contributed by atoms with E-state index in [-0.39, 0.29) is 29.4 Å². The Hall–Kier alpha value is -4.05. The molecule has 2 aliphatic carbocycles. The van der Waals surface area contributed by atoms with Gasteiger partial charge >= 0.3 is 0 Å². The van der Waals surface area contributed by atoms with E-state index in [0.717, 1.165) is 16.7 Å². The van der Waals surface area contributed by atoms with E-state index >= 15 is 0 Å². The van der Waals surface area contributed by atoms with E-state index in [4.69, 9.17) is 0 Å². The van der Waals surface area contributed by atoms with Crippen LogP contribution in [0.4, 0.5) is 5.69 Å². The number of anilines is 1. The van der Waals surface area contributed by atoms with Crippen molar-refractivity contribution in [3.05, 3.63) is 118 Å². The third kappa shape index (κ3) is 3.32. The van der Waals surface area contributed by atoms with Gasteiger partial charge in [0.05, 0.1) is 17.5 Å². The lowest BCUT2D eigenvalue weighted by atomic mass is 9.85. The molecular weight excluding hydrogens is 446 g/mol. The summed E-state index contributed by atoms with van der Waals surface area (Å²) in [4.78, 5) is 40.4. The Morgan fingerprint density at radius 1 is 0.639 bits per heavy atom. The molecule has 0 N–H and O–H groups in total. The van der Waals surface area contributed by atoms with Crippen molar-refractivity contribution in [3.63, 3.8) is 0 Å². The molecule has 2 fully saturated rings. The highest BCUT2D eigenvalue weighted by Gasteiger charge is 2.62. The molecule has 2 bridgehead atoms. The molecule has 0 aromatic heterocycles. The van der Waals surface area contributed by atoms with Crippen LogP contribution < -0.4 is 4.90 Å². The molecule has 2 amide bonds. The molecule has 4 atom stereocenters. The van der Waals surface area contributed by atoms with Crippen molar-refractivity contribution in [1.29, 1.82) is 0 Å². The minimum absolute atomic E-state index is 0.0470. The Balaban J connectivity index is 1.45. The minimum Gasteiger partial charge on any atom is -0.295 e. The highest BCUT2D eigenvalue weighted by atomic mass is 16.2. The predicted molar refractivity (Wildman–Crippen MR) is 140 cm³/mol. The van der Waals surface area contributed by atoms with Crippen LogP contribution in [0, 0.1) is 37.5 Å². The lowest BCUT2D eigenvalue weighted by Crippen LogP contribution is -2.33. The molecule has 0 unspecified atom stereocenters. The zero-order valence-corrected chi connectivity index (χ0v) is 20.6. The van der Waals surface area contributed by atoms with E-state index in [1.165, 1.54) is 28.5 Å². The molecule has 1 saturated heterocycles. The van der Waals surface area contributed by atoms with Crippen LogP contribution in [0.5, 0.6) is 0 Å². The van der Waals surface area contributed by atoms with Gasteiger partial charge in [-0.25, -0.2) is 4.90 Å². The van der Waals surface area contributed by atoms with Gasteiger partial charge in [0.25, 0.3) is 0 Å². The van der Waals surface area contributed by atoms with Gasteiger partial charge in [0.1, 0.15) is 0 Å². The number of aryl methyl sites for hydroxylation is 2. The second-order valence-electron chi connectivity index (χ2n) is 10.2. The lowest BCUT2D eigenvalue weighted by molar-refractivity contribution is -0.122. The standard InChI is InChI=1S/C32H27NO3/c1-18-4-8-22(9-5-18)27(23-10-6-19(2)7-11-23)28-25-16-17-26(28)30-29(25)31(35)33(32(30)36)24-14-12-21(13-15-24)20(3)34/h4-17,25-26,29-30H,1-3H3/t25-,26-,29+,30+/m0/s1. The van der Waals surface area contributed by atoms with Crippen LogP contribution in [0.3, 0.4) is 0 Å². The summed E-state index contributed by atoms with van der Waals surface area (Å²) in [6.45, 7) is 5.65. The van der Waals surface area contributed by atoms with Gasteiger partial charge in [-0.15, -0.1) is 0 Å². The summed E-state index contributed by atoms with van der Waals surface area (Å²) in [6.07, 6.45) is 4.24. The van der Waals surface area contributed by atoms with E-state index in [1.54, 1.807) is 24.3 Å². The molecule has 1 aliphatic heterocycles. The van der Waals surface area contributed by atoms with Crippen molar-refractivity contribution < 1.29 is 14.4 Å². The number of allylic oxidation sites excluding steroid dienone is 3. The van der Waals surface area contributed by atoms with E-state index in [0.29, 0.717) is 11.3 Å². The number of imide groups is 1. The number of benzene rings is 3. The molecule has 0 spiro atoms. The topological polar surface area (TPSA) is 54.5 Å². The largest absolute Gasteiger partial charge is 0.295 e. The van der Waals surface area contributed by atoms with Gasteiger partial charge in [0.2, 0.25) is 11.8 Å². The van der Waals surface area contributed by atoms with E-state index in [9.17, 15) is 14.4 Å². The summed E-state index contributed by atoms with van der Waals surface area (Å²) in [5.74, 6) is -1.38. The Labute approximate surface area is 211 Å². The second-order valence-corrected chi connectivity index (χ2v) is 10.2. The Kier molecular flexibility index (Phi) is 5.15. The van der Waals surface area contributed by atoms with Gasteiger partial charge in [-0.3, -0.25) is 14.4 Å². The van der Waals surface area contributed by atoms with Crippen LogP contribution in [-0.4, -0.2) is 17.6 Å². The lowest BCUT2D eigenvalue weighted by Gasteiger charge is -2.22. The van der Waals surface area contributed by atoms with Gasteiger partial charge in [-0.2, -0.15) is 0 Å². The highest BCUT2D eigenvalue weighted by molar-refractivity contribution is 6.23. The molecule has 1 heterocycles. The molecule has 36 heavy (non-hydrogen) atoms. The smallest absolute Gasteiger partial charge is 0.238 e. The van der Waals surface area contributed by atoms with Crippen LogP contribution in [0.15, 0.2) is 90.5 Å². The van der Waals surface area contributed by atoms with E-state index < -0.39 is 11.8 Å². The number of carbonyl (C=O) groups excluding carboxylic acids is 3. The van der Waals surface area contributed by atoms with Gasteiger partial charge in [-0.05, 0) is 67.3 Å². The van der Waals surface area contributed by atoms with Crippen molar-refractivity contribution in [2.24, 2.45) is 23.7 Å². The van der Waals surface area contributed by atoms with Crippen LogP contribution in [0.2, 0.25) is 0 Å². The Morgan fingerprint density at radius 2 is 1.06 bits per heavy atom. The van der Waals surface area contributed by atoms with Gasteiger partial charge in [0, 0.05) is 17.4 Å². The summed E-state index contributed by atoms with van der Waals surface area (Å²) in [5.41, 5.74) is 7.98. The summed E-state index contributed by atoms with van der Waals surface area (Å²) in [5, 5.41) is 0. The van der Waals surface area contributed by atoms with E-state index in [2.05, 4.69) is 74.5 Å². The molecule has 3 aliphatic rings. The molecule has 0 radical (unpaired) electrons. The number of carbonyl (C=O) groups is 3. The number of ketones is 1. The molecule has 4 nitrogen and oxygen atoms in total. The first-order valence-corrected chi connectivity index (χ1v) is 12.4. The predicted octanol–water partition coefficient (Wildman–Crippen LogP) is 5.93. The molecule has 178 valence electrons. The molecular formula is C32H27NO3. The summed E-state index contributed by atoms with van der Waals surface area (Å²) < 4.78 is 0. The molecule has 3 aromatic rings. The first-order valence-electron chi connectivity index (χ1n) is 12.4. The number of nitrogens with zero attached hydrogens (tertiary/aromatic N) is 1.